The summed E-state index contributed by atoms with van der Waals surface area (Å²) in [5.74, 6) is -0.429. The molecule has 0 saturated carbocycles. The van der Waals surface area contributed by atoms with Crippen LogP contribution in [0.2, 0.25) is 0 Å². The molecule has 0 amide bonds. The Morgan fingerprint density at radius 1 is 0.759 bits per heavy atom. The average molecular weight is 413 g/mol. The van der Waals surface area contributed by atoms with Crippen molar-refractivity contribution in [1.29, 1.82) is 0 Å². The largest absolute Gasteiger partial charge is 0.433 e. The molecule has 0 aliphatic rings. The summed E-state index contributed by atoms with van der Waals surface area (Å²) >= 11 is 0. The molecular weight excluding hydrogens is 404 g/mol. The Labute approximate surface area is 158 Å². The molecule has 0 N–H and O–H groups in total. The molecule has 0 spiro atoms. The minimum absolute atomic E-state index is 0.0488. The van der Waals surface area contributed by atoms with E-state index < -0.39 is 34.4 Å². The van der Waals surface area contributed by atoms with Crippen molar-refractivity contribution in [3.05, 3.63) is 76.0 Å². The molecule has 0 unspecified atom stereocenters. The molecule has 0 bridgehead atoms. The number of hydrogen-bond donors (Lipinski definition) is 0. The molecule has 2 aromatic carbocycles. The molecule has 5 nitrogen and oxygen atoms in total. The molecule has 0 fully saturated rings. The van der Waals surface area contributed by atoms with Crippen molar-refractivity contribution in [3.8, 4) is 22.6 Å². The number of aromatic nitrogens is 2. The molecule has 1 heterocycles. The van der Waals surface area contributed by atoms with Gasteiger partial charge in [-0.15, -0.1) is 0 Å². The topological polar surface area (TPSA) is 68.9 Å². The highest BCUT2D eigenvalue weighted by molar-refractivity contribution is 5.65. The second kappa shape index (κ2) is 7.15. The maximum absolute atomic E-state index is 13.2. The van der Waals surface area contributed by atoms with Crippen molar-refractivity contribution in [2.24, 2.45) is 0 Å². The minimum atomic E-state index is -4.83. The summed E-state index contributed by atoms with van der Waals surface area (Å²) in [7, 11) is 0. The number of halogens is 6. The van der Waals surface area contributed by atoms with Crippen LogP contribution in [0.4, 0.5) is 32.0 Å². The summed E-state index contributed by atoms with van der Waals surface area (Å²) < 4.78 is 77.8. The summed E-state index contributed by atoms with van der Waals surface area (Å²) in [6, 6.07) is 8.67. The zero-order valence-corrected chi connectivity index (χ0v) is 14.1. The first-order valence-corrected chi connectivity index (χ1v) is 7.84. The zero-order chi connectivity index (χ0) is 21.4. The van der Waals surface area contributed by atoms with E-state index in [4.69, 9.17) is 0 Å². The molecule has 0 aliphatic heterocycles. The molecule has 0 aliphatic carbocycles. The summed E-state index contributed by atoms with van der Waals surface area (Å²) in [4.78, 5) is 17.5. The van der Waals surface area contributed by atoms with Crippen LogP contribution < -0.4 is 0 Å². The summed E-state index contributed by atoms with van der Waals surface area (Å²) in [6.45, 7) is 0. The number of non-ortho nitro benzene ring substituents is 1. The van der Waals surface area contributed by atoms with Crippen LogP contribution in [0.3, 0.4) is 0 Å². The molecule has 0 saturated heterocycles. The maximum atomic E-state index is 13.2. The Morgan fingerprint density at radius 3 is 1.79 bits per heavy atom. The lowest BCUT2D eigenvalue weighted by Crippen LogP contribution is -2.10. The van der Waals surface area contributed by atoms with Gasteiger partial charge in [-0.05, 0) is 30.3 Å². The molecule has 3 aromatic rings. The molecule has 29 heavy (non-hydrogen) atoms. The standard InChI is InChI=1S/C18H9F6N3O2/c19-17(20,21)12-5-1-11(2-6-12)16-25-14(9-15(26-16)18(22,23)24)10-3-7-13(8-4-10)27(28)29/h1-9H. The molecular formula is C18H9F6N3O2. The highest BCUT2D eigenvalue weighted by Gasteiger charge is 2.34. The molecule has 11 heteroatoms. The fourth-order valence-electron chi connectivity index (χ4n) is 2.43. The first-order valence-electron chi connectivity index (χ1n) is 7.84. The number of benzene rings is 2. The van der Waals surface area contributed by atoms with Crippen LogP contribution >= 0.6 is 0 Å². The normalized spacial score (nSPS) is 12.1. The lowest BCUT2D eigenvalue weighted by Gasteiger charge is -2.12. The van der Waals surface area contributed by atoms with E-state index in [2.05, 4.69) is 9.97 Å². The van der Waals surface area contributed by atoms with Crippen molar-refractivity contribution >= 4 is 5.69 Å². The van der Waals surface area contributed by atoms with Gasteiger partial charge in [0.15, 0.2) is 5.82 Å². The Morgan fingerprint density at radius 2 is 1.31 bits per heavy atom. The fourth-order valence-corrected chi connectivity index (χ4v) is 2.43. The van der Waals surface area contributed by atoms with E-state index in [9.17, 15) is 36.5 Å². The van der Waals surface area contributed by atoms with Gasteiger partial charge in [0.25, 0.3) is 5.69 Å². The van der Waals surface area contributed by atoms with Crippen LogP contribution in [0.1, 0.15) is 11.3 Å². The second-order valence-electron chi connectivity index (χ2n) is 5.84. The van der Waals surface area contributed by atoms with Crippen molar-refractivity contribution in [2.75, 3.05) is 0 Å². The van der Waals surface area contributed by atoms with E-state index in [0.29, 0.717) is 18.2 Å². The van der Waals surface area contributed by atoms with Gasteiger partial charge in [-0.3, -0.25) is 10.1 Å². The number of alkyl halides is 6. The van der Waals surface area contributed by atoms with Gasteiger partial charge in [-0.1, -0.05) is 12.1 Å². The Balaban J connectivity index is 2.10. The van der Waals surface area contributed by atoms with Crippen LogP contribution in [0.25, 0.3) is 22.6 Å². The minimum Gasteiger partial charge on any atom is -0.258 e. The van der Waals surface area contributed by atoms with Gasteiger partial charge in [0.1, 0.15) is 5.69 Å². The number of nitro benzene ring substituents is 1. The van der Waals surface area contributed by atoms with Crippen molar-refractivity contribution in [3.63, 3.8) is 0 Å². The van der Waals surface area contributed by atoms with Crippen molar-refractivity contribution < 1.29 is 31.3 Å². The Bertz CT molecular complexity index is 1050. The van der Waals surface area contributed by atoms with Gasteiger partial charge in [0, 0.05) is 23.3 Å². The van der Waals surface area contributed by atoms with E-state index in [1.807, 2.05) is 0 Å². The van der Waals surface area contributed by atoms with Crippen molar-refractivity contribution in [2.45, 2.75) is 12.4 Å². The Kier molecular flexibility index (Phi) is 4.99. The van der Waals surface area contributed by atoms with Crippen molar-refractivity contribution in [1.82, 2.24) is 9.97 Å². The monoisotopic (exact) mass is 413 g/mol. The van der Waals surface area contributed by atoms with Gasteiger partial charge in [-0.25, -0.2) is 9.97 Å². The molecule has 0 radical (unpaired) electrons. The molecule has 1 aromatic heterocycles. The van der Waals surface area contributed by atoms with Gasteiger partial charge in [0.05, 0.1) is 16.2 Å². The third-order valence-electron chi connectivity index (χ3n) is 3.86. The second-order valence-corrected chi connectivity index (χ2v) is 5.84. The van der Waals surface area contributed by atoms with Crippen LogP contribution in [-0.4, -0.2) is 14.9 Å². The number of nitro groups is 1. The van der Waals surface area contributed by atoms with Crippen LogP contribution in [-0.2, 0) is 12.4 Å². The fraction of sp³-hybridized carbons (Fsp3) is 0.111. The third kappa shape index (κ3) is 4.50. The SMILES string of the molecule is O=[N+]([O-])c1ccc(-c2cc(C(F)(F)F)nc(-c3ccc(C(F)(F)F)cc3)n2)cc1. The smallest absolute Gasteiger partial charge is 0.258 e. The van der Waals surface area contributed by atoms with Crippen LogP contribution in [0, 0.1) is 10.1 Å². The van der Waals surface area contributed by atoms with E-state index in [1.54, 1.807) is 0 Å². The number of hydrogen-bond acceptors (Lipinski definition) is 4. The summed E-state index contributed by atoms with van der Waals surface area (Å²) in [5, 5.41) is 10.7. The van der Waals surface area contributed by atoms with Gasteiger partial charge >= 0.3 is 12.4 Å². The maximum Gasteiger partial charge on any atom is 0.433 e. The summed E-state index contributed by atoms with van der Waals surface area (Å²) in [5.41, 5.74) is -2.61. The van der Waals surface area contributed by atoms with Gasteiger partial charge in [-0.2, -0.15) is 26.3 Å². The zero-order valence-electron chi connectivity index (χ0n) is 14.1. The van der Waals surface area contributed by atoms with Gasteiger partial charge in [0.2, 0.25) is 0 Å². The third-order valence-corrected chi connectivity index (χ3v) is 3.86. The molecule has 150 valence electrons. The average Bonchev–Trinajstić information content (AvgIpc) is 2.66. The predicted octanol–water partition coefficient (Wildman–Crippen LogP) is 5.76. The predicted molar refractivity (Wildman–Crippen MR) is 89.6 cm³/mol. The first-order chi connectivity index (χ1) is 13.4. The molecule has 3 rings (SSSR count). The first kappa shape index (κ1) is 20.2. The van der Waals surface area contributed by atoms with Gasteiger partial charge < -0.3 is 0 Å². The highest BCUT2D eigenvalue weighted by atomic mass is 19.4. The lowest BCUT2D eigenvalue weighted by molar-refractivity contribution is -0.384. The lowest BCUT2D eigenvalue weighted by atomic mass is 10.1. The van der Waals surface area contributed by atoms with Crippen LogP contribution in [0.5, 0.6) is 0 Å². The Hall–Kier alpha value is -3.50. The summed E-state index contributed by atoms with van der Waals surface area (Å²) in [6.07, 6.45) is -9.43. The van der Waals surface area contributed by atoms with Crippen LogP contribution in [0.15, 0.2) is 54.6 Å². The molecule has 0 atom stereocenters. The van der Waals surface area contributed by atoms with E-state index in [0.717, 1.165) is 24.3 Å². The highest BCUT2D eigenvalue weighted by Crippen LogP contribution is 2.34. The van der Waals surface area contributed by atoms with E-state index in [-0.39, 0.29) is 22.5 Å². The number of rotatable bonds is 3. The quantitative estimate of drug-likeness (QED) is 0.311. The number of nitrogens with zero attached hydrogens (tertiary/aromatic N) is 3. The van der Waals surface area contributed by atoms with E-state index >= 15 is 0 Å². The van der Waals surface area contributed by atoms with E-state index in [1.165, 1.54) is 12.1 Å².